The molecular formula is C18H24N6O2. The second-order valence-electron chi connectivity index (χ2n) is 7.86. The minimum absolute atomic E-state index is 0.0986. The number of rotatable bonds is 6. The Labute approximate surface area is 151 Å². The Balaban J connectivity index is 1.37. The van der Waals surface area contributed by atoms with Gasteiger partial charge in [0.2, 0.25) is 0 Å². The molecule has 8 heteroatoms. The van der Waals surface area contributed by atoms with Crippen LogP contribution in [-0.2, 0) is 11.3 Å². The van der Waals surface area contributed by atoms with Crippen molar-refractivity contribution in [1.29, 1.82) is 0 Å². The van der Waals surface area contributed by atoms with Gasteiger partial charge in [-0.1, -0.05) is 0 Å². The van der Waals surface area contributed by atoms with E-state index in [1.54, 1.807) is 13.3 Å². The lowest BCUT2D eigenvalue weighted by atomic mass is 9.91. The lowest BCUT2D eigenvalue weighted by Gasteiger charge is -2.16. The molecule has 2 saturated carbocycles. The van der Waals surface area contributed by atoms with E-state index in [-0.39, 0.29) is 11.8 Å². The summed E-state index contributed by atoms with van der Waals surface area (Å²) in [7, 11) is 1.65. The summed E-state index contributed by atoms with van der Waals surface area (Å²) in [6, 6.07) is 0. The number of hydrogen-bond donors (Lipinski definition) is 2. The first-order chi connectivity index (χ1) is 12.7. The van der Waals surface area contributed by atoms with Crippen molar-refractivity contribution in [2.75, 3.05) is 20.2 Å². The number of likely N-dealkylation sites (tertiary alicyclic amines) is 1. The number of nitrogens with zero attached hydrogens (tertiary/aromatic N) is 4. The van der Waals surface area contributed by atoms with Crippen LogP contribution in [0.1, 0.15) is 65.2 Å². The number of carbonyl (C=O) groups excluding carboxylic acids is 1. The maximum absolute atomic E-state index is 13.1. The van der Waals surface area contributed by atoms with Gasteiger partial charge in [0.05, 0.1) is 17.5 Å². The molecular weight excluding hydrogens is 332 g/mol. The summed E-state index contributed by atoms with van der Waals surface area (Å²) >= 11 is 0. The third kappa shape index (κ3) is 2.82. The van der Waals surface area contributed by atoms with Crippen LogP contribution in [0.25, 0.3) is 0 Å². The fraction of sp³-hybridized carbons (Fsp3) is 0.667. The van der Waals surface area contributed by atoms with Crippen LogP contribution in [0.5, 0.6) is 0 Å². The first-order valence-electron chi connectivity index (χ1n) is 9.47. The molecule has 1 amide bonds. The number of H-pyrrole nitrogens is 2. The Hall–Kier alpha value is -2.22. The molecule has 138 valence electrons. The second kappa shape index (κ2) is 6.19. The highest BCUT2D eigenvalue weighted by Gasteiger charge is 2.46. The molecule has 0 spiro atoms. The van der Waals surface area contributed by atoms with Gasteiger partial charge in [-0.05, 0) is 37.5 Å². The van der Waals surface area contributed by atoms with Gasteiger partial charge in [0.15, 0.2) is 11.6 Å². The van der Waals surface area contributed by atoms with Crippen LogP contribution in [0.2, 0.25) is 0 Å². The van der Waals surface area contributed by atoms with Crippen LogP contribution >= 0.6 is 0 Å². The highest BCUT2D eigenvalue weighted by atomic mass is 16.5. The Morgan fingerprint density at radius 3 is 2.85 bits per heavy atom. The summed E-state index contributed by atoms with van der Waals surface area (Å²) in [4.78, 5) is 19.7. The minimum Gasteiger partial charge on any atom is -0.377 e. The molecule has 0 radical (unpaired) electrons. The summed E-state index contributed by atoms with van der Waals surface area (Å²) in [6.45, 7) is 1.90. The van der Waals surface area contributed by atoms with Gasteiger partial charge in [-0.15, -0.1) is 0 Å². The van der Waals surface area contributed by atoms with Crippen molar-refractivity contribution in [3.8, 4) is 0 Å². The standard InChI is InChI=1S/C18H24N6O2/c1-26-9-15-20-17(23-21-15)14-8-24(7-13(14)10-2-3-10)18(25)12-6-19-22-16(12)11-4-5-11/h6,10-11,13-14H,2-5,7-9H2,1H3,(H,19,22)(H,20,21,23)/t13-,14+/m1/s1. The van der Waals surface area contributed by atoms with Gasteiger partial charge in [-0.25, -0.2) is 4.98 Å². The largest absolute Gasteiger partial charge is 0.377 e. The Bertz CT molecular complexity index is 806. The zero-order chi connectivity index (χ0) is 17.7. The molecule has 0 unspecified atom stereocenters. The van der Waals surface area contributed by atoms with Crippen LogP contribution in [0.3, 0.4) is 0 Å². The van der Waals surface area contributed by atoms with E-state index in [1.807, 2.05) is 4.90 Å². The van der Waals surface area contributed by atoms with Gasteiger partial charge < -0.3 is 9.64 Å². The van der Waals surface area contributed by atoms with E-state index in [0.29, 0.717) is 30.9 Å². The van der Waals surface area contributed by atoms with Crippen molar-refractivity contribution in [2.45, 2.75) is 44.1 Å². The second-order valence-corrected chi connectivity index (χ2v) is 7.86. The van der Waals surface area contributed by atoms with E-state index >= 15 is 0 Å². The molecule has 3 aliphatic rings. The monoisotopic (exact) mass is 356 g/mol. The molecule has 1 aliphatic heterocycles. The van der Waals surface area contributed by atoms with Gasteiger partial charge in [-0.2, -0.15) is 10.2 Å². The average molecular weight is 356 g/mol. The zero-order valence-electron chi connectivity index (χ0n) is 14.9. The number of nitrogens with one attached hydrogen (secondary N) is 2. The van der Waals surface area contributed by atoms with Gasteiger partial charge in [0, 0.05) is 32.0 Å². The van der Waals surface area contributed by atoms with Crippen LogP contribution in [0.4, 0.5) is 0 Å². The summed E-state index contributed by atoms with van der Waals surface area (Å²) in [5.74, 6) is 3.48. The molecule has 0 bridgehead atoms. The first-order valence-corrected chi connectivity index (χ1v) is 9.47. The number of hydrogen-bond acceptors (Lipinski definition) is 5. The lowest BCUT2D eigenvalue weighted by Crippen LogP contribution is -2.29. The summed E-state index contributed by atoms with van der Waals surface area (Å²) in [5.41, 5.74) is 1.76. The van der Waals surface area contributed by atoms with Gasteiger partial charge in [0.1, 0.15) is 6.61 Å². The third-order valence-electron chi connectivity index (χ3n) is 5.93. The molecule has 2 aliphatic carbocycles. The van der Waals surface area contributed by atoms with E-state index in [1.165, 1.54) is 12.8 Å². The number of aromatic nitrogens is 5. The number of amides is 1. The molecule has 2 N–H and O–H groups in total. The van der Waals surface area contributed by atoms with Crippen LogP contribution in [-0.4, -0.2) is 56.4 Å². The lowest BCUT2D eigenvalue weighted by molar-refractivity contribution is 0.0783. The summed E-state index contributed by atoms with van der Waals surface area (Å²) in [6.07, 6.45) is 6.48. The van der Waals surface area contributed by atoms with E-state index in [9.17, 15) is 4.79 Å². The van der Waals surface area contributed by atoms with E-state index in [2.05, 4.69) is 25.4 Å². The average Bonchev–Trinajstić information content (AvgIpc) is 3.53. The van der Waals surface area contributed by atoms with Crippen molar-refractivity contribution in [2.24, 2.45) is 11.8 Å². The number of carbonyl (C=O) groups is 1. The highest BCUT2D eigenvalue weighted by molar-refractivity contribution is 5.95. The maximum atomic E-state index is 13.1. The predicted molar refractivity (Wildman–Crippen MR) is 92.5 cm³/mol. The van der Waals surface area contributed by atoms with Crippen LogP contribution < -0.4 is 0 Å². The van der Waals surface area contributed by atoms with Gasteiger partial charge >= 0.3 is 0 Å². The summed E-state index contributed by atoms with van der Waals surface area (Å²) in [5, 5.41) is 14.5. The van der Waals surface area contributed by atoms with Crippen molar-refractivity contribution in [1.82, 2.24) is 30.3 Å². The SMILES string of the molecule is COCc1nc([C@H]2CN(C(=O)c3cn[nH]c3C3CC3)C[C@@H]2C2CC2)n[nH]1. The maximum Gasteiger partial charge on any atom is 0.257 e. The quantitative estimate of drug-likeness (QED) is 0.822. The van der Waals surface area contributed by atoms with Crippen molar-refractivity contribution < 1.29 is 9.53 Å². The van der Waals surface area contributed by atoms with E-state index in [4.69, 9.17) is 4.74 Å². The number of methoxy groups -OCH3 is 1. The molecule has 2 aromatic heterocycles. The Morgan fingerprint density at radius 2 is 2.12 bits per heavy atom. The van der Waals surface area contributed by atoms with Crippen molar-refractivity contribution in [3.05, 3.63) is 29.1 Å². The minimum atomic E-state index is 0.0986. The highest BCUT2D eigenvalue weighted by Crippen LogP contribution is 2.47. The number of ether oxygens (including phenoxy) is 1. The van der Waals surface area contributed by atoms with Crippen molar-refractivity contribution in [3.63, 3.8) is 0 Å². The Kier molecular flexibility index (Phi) is 3.81. The van der Waals surface area contributed by atoms with Crippen molar-refractivity contribution >= 4 is 5.91 Å². The molecule has 3 heterocycles. The summed E-state index contributed by atoms with van der Waals surface area (Å²) < 4.78 is 5.13. The van der Waals surface area contributed by atoms with Crippen LogP contribution in [0.15, 0.2) is 6.20 Å². The molecule has 5 rings (SSSR count). The molecule has 3 fully saturated rings. The predicted octanol–water partition coefficient (Wildman–Crippen LogP) is 1.82. The normalized spacial score (nSPS) is 25.8. The topological polar surface area (TPSA) is 99.8 Å². The molecule has 1 saturated heterocycles. The zero-order valence-corrected chi connectivity index (χ0v) is 14.9. The van der Waals surface area contributed by atoms with Gasteiger partial charge in [-0.3, -0.25) is 15.0 Å². The molecule has 0 aromatic carbocycles. The smallest absolute Gasteiger partial charge is 0.257 e. The van der Waals surface area contributed by atoms with E-state index in [0.717, 1.165) is 42.3 Å². The fourth-order valence-electron chi connectivity index (χ4n) is 4.27. The fourth-order valence-corrected chi connectivity index (χ4v) is 4.27. The van der Waals surface area contributed by atoms with Crippen LogP contribution in [0, 0.1) is 11.8 Å². The molecule has 2 aromatic rings. The van der Waals surface area contributed by atoms with Gasteiger partial charge in [0.25, 0.3) is 5.91 Å². The van der Waals surface area contributed by atoms with E-state index < -0.39 is 0 Å². The first kappa shape index (κ1) is 16.0. The molecule has 26 heavy (non-hydrogen) atoms. The third-order valence-corrected chi connectivity index (χ3v) is 5.93. The molecule has 8 nitrogen and oxygen atoms in total. The Morgan fingerprint density at radius 1 is 1.27 bits per heavy atom. The number of aromatic amines is 2. The molecule has 2 atom stereocenters.